The van der Waals surface area contributed by atoms with Crippen molar-refractivity contribution in [2.45, 2.75) is 19.4 Å². The highest BCUT2D eigenvalue weighted by Gasteiger charge is 2.26. The number of hydrogen-bond donors (Lipinski definition) is 3. The Morgan fingerprint density at radius 3 is 2.50 bits per heavy atom. The van der Waals surface area contributed by atoms with Gasteiger partial charge in [0.05, 0.1) is 23.4 Å². The first-order valence-corrected chi connectivity index (χ1v) is 5.37. The van der Waals surface area contributed by atoms with E-state index in [1.807, 2.05) is 0 Å². The molecule has 18 heavy (non-hydrogen) atoms. The summed E-state index contributed by atoms with van der Waals surface area (Å²) in [7, 11) is 1.58. The molecule has 0 heterocycles. The van der Waals surface area contributed by atoms with Gasteiger partial charge in [-0.3, -0.25) is 0 Å². The van der Waals surface area contributed by atoms with Gasteiger partial charge in [-0.2, -0.15) is 0 Å². The van der Waals surface area contributed by atoms with Crippen LogP contribution in [0.15, 0.2) is 12.1 Å². The predicted molar refractivity (Wildman–Crippen MR) is 67.3 cm³/mol. The van der Waals surface area contributed by atoms with Gasteiger partial charge >= 0.3 is 5.97 Å². The molecule has 5 nitrogen and oxygen atoms in total. The Hall–Kier alpha value is -1.82. The van der Waals surface area contributed by atoms with Crippen LogP contribution in [0.2, 0.25) is 0 Å². The Morgan fingerprint density at radius 2 is 2.06 bits per heavy atom. The second-order valence-electron chi connectivity index (χ2n) is 4.73. The summed E-state index contributed by atoms with van der Waals surface area (Å²) in [6.45, 7) is 3.22. The van der Waals surface area contributed by atoms with Crippen LogP contribution < -0.4 is 10.6 Å². The molecular weight excluding hydrogens is 239 g/mol. The highest BCUT2D eigenvalue weighted by atomic mass is 19.1. The fourth-order valence-corrected chi connectivity index (χ4v) is 1.45. The zero-order valence-electron chi connectivity index (χ0n) is 10.6. The number of anilines is 2. The van der Waals surface area contributed by atoms with E-state index in [4.69, 9.17) is 10.8 Å². The molecule has 0 saturated carbocycles. The van der Waals surface area contributed by atoms with Crippen LogP contribution in [0.4, 0.5) is 15.8 Å². The number of aromatic carboxylic acids is 1. The number of nitrogens with two attached hydrogens (primary N) is 1. The normalized spacial score (nSPS) is 11.4. The lowest BCUT2D eigenvalue weighted by Gasteiger charge is -2.36. The van der Waals surface area contributed by atoms with Gasteiger partial charge in [0.2, 0.25) is 0 Å². The zero-order chi connectivity index (χ0) is 14.1. The average molecular weight is 256 g/mol. The van der Waals surface area contributed by atoms with Gasteiger partial charge < -0.3 is 20.8 Å². The van der Waals surface area contributed by atoms with Gasteiger partial charge in [-0.1, -0.05) is 0 Å². The van der Waals surface area contributed by atoms with Gasteiger partial charge in [-0.15, -0.1) is 0 Å². The average Bonchev–Trinajstić information content (AvgIpc) is 2.27. The third-order valence-electron chi connectivity index (χ3n) is 3.01. The number of nitrogens with zero attached hydrogens (tertiary/aromatic N) is 1. The monoisotopic (exact) mass is 256 g/mol. The molecule has 0 bridgehead atoms. The Labute approximate surface area is 105 Å². The molecule has 0 aromatic heterocycles. The standard InChI is InChI=1S/C12H17FN2O3/c1-12(2,6-16)15(3)10-4-7(11(17)18)9(14)5-8(10)13/h4-5,16H,6,14H2,1-3H3,(H,17,18). The molecule has 0 atom stereocenters. The van der Waals surface area contributed by atoms with Gasteiger partial charge in [0.1, 0.15) is 5.82 Å². The van der Waals surface area contributed by atoms with Crippen molar-refractivity contribution in [3.63, 3.8) is 0 Å². The first-order valence-electron chi connectivity index (χ1n) is 5.37. The smallest absolute Gasteiger partial charge is 0.337 e. The molecule has 6 heteroatoms. The Balaban J connectivity index is 3.33. The van der Waals surface area contributed by atoms with Crippen molar-refractivity contribution < 1.29 is 19.4 Å². The van der Waals surface area contributed by atoms with E-state index in [1.165, 1.54) is 11.0 Å². The highest BCUT2D eigenvalue weighted by molar-refractivity contribution is 5.95. The summed E-state index contributed by atoms with van der Waals surface area (Å²) in [6.07, 6.45) is 0. The number of carboxylic acid groups (broad SMARTS) is 1. The second kappa shape index (κ2) is 4.81. The number of rotatable bonds is 4. The molecule has 0 spiro atoms. The molecule has 0 aliphatic rings. The van der Waals surface area contributed by atoms with Crippen molar-refractivity contribution in [3.8, 4) is 0 Å². The summed E-state index contributed by atoms with van der Waals surface area (Å²) in [6, 6.07) is 2.15. The Morgan fingerprint density at radius 1 is 1.50 bits per heavy atom. The van der Waals surface area contributed by atoms with Crippen molar-refractivity contribution in [1.82, 2.24) is 0 Å². The van der Waals surface area contributed by atoms with E-state index in [0.29, 0.717) is 0 Å². The summed E-state index contributed by atoms with van der Waals surface area (Å²) in [4.78, 5) is 12.4. The van der Waals surface area contributed by atoms with Crippen molar-refractivity contribution in [2.75, 3.05) is 24.3 Å². The third kappa shape index (κ3) is 2.53. The molecule has 100 valence electrons. The Bertz CT molecular complexity index is 475. The minimum absolute atomic E-state index is 0.0839. The van der Waals surface area contributed by atoms with Crippen LogP contribution in [0.3, 0.4) is 0 Å². The van der Waals surface area contributed by atoms with E-state index in [0.717, 1.165) is 6.07 Å². The highest BCUT2D eigenvalue weighted by Crippen LogP contribution is 2.29. The summed E-state index contributed by atoms with van der Waals surface area (Å²) in [5.41, 5.74) is 4.53. The molecule has 1 aromatic rings. The molecule has 1 rings (SSSR count). The van der Waals surface area contributed by atoms with Crippen molar-refractivity contribution in [1.29, 1.82) is 0 Å². The van der Waals surface area contributed by atoms with Gasteiger partial charge in [0.15, 0.2) is 0 Å². The molecule has 1 aromatic carbocycles. The van der Waals surface area contributed by atoms with E-state index in [-0.39, 0.29) is 23.5 Å². The minimum atomic E-state index is -1.22. The first kappa shape index (κ1) is 14.2. The third-order valence-corrected chi connectivity index (χ3v) is 3.01. The van der Waals surface area contributed by atoms with Crippen LogP contribution in [0.5, 0.6) is 0 Å². The van der Waals surface area contributed by atoms with Crippen LogP contribution in [-0.2, 0) is 0 Å². The fraction of sp³-hybridized carbons (Fsp3) is 0.417. The van der Waals surface area contributed by atoms with Crippen LogP contribution >= 0.6 is 0 Å². The zero-order valence-corrected chi connectivity index (χ0v) is 10.6. The number of likely N-dealkylation sites (N-methyl/N-ethyl adjacent to an activating group) is 1. The number of hydrogen-bond acceptors (Lipinski definition) is 4. The Kier molecular flexibility index (Phi) is 3.81. The largest absolute Gasteiger partial charge is 0.478 e. The second-order valence-corrected chi connectivity index (χ2v) is 4.73. The number of carbonyl (C=O) groups is 1. The SMILES string of the molecule is CN(c1cc(C(=O)O)c(N)cc1F)C(C)(C)CO. The van der Waals surface area contributed by atoms with E-state index < -0.39 is 17.3 Å². The number of halogens is 1. The molecule has 4 N–H and O–H groups in total. The molecule has 0 fully saturated rings. The summed E-state index contributed by atoms with van der Waals surface area (Å²) in [5, 5.41) is 18.2. The predicted octanol–water partition coefficient (Wildman–Crippen LogP) is 1.31. The van der Waals surface area contributed by atoms with E-state index >= 15 is 0 Å². The summed E-state index contributed by atoms with van der Waals surface area (Å²) in [5.74, 6) is -1.84. The van der Waals surface area contributed by atoms with Crippen molar-refractivity contribution in [3.05, 3.63) is 23.5 Å². The quantitative estimate of drug-likeness (QED) is 0.707. The topological polar surface area (TPSA) is 86.8 Å². The number of carboxylic acids is 1. The molecule has 0 aliphatic heterocycles. The summed E-state index contributed by atoms with van der Waals surface area (Å²) < 4.78 is 13.8. The maximum Gasteiger partial charge on any atom is 0.337 e. The molecule has 0 aliphatic carbocycles. The maximum atomic E-state index is 13.8. The molecule has 0 unspecified atom stereocenters. The summed E-state index contributed by atoms with van der Waals surface area (Å²) >= 11 is 0. The lowest BCUT2D eigenvalue weighted by Crippen LogP contribution is -2.44. The van der Waals surface area contributed by atoms with Crippen LogP contribution in [0.1, 0.15) is 24.2 Å². The number of aliphatic hydroxyl groups is 1. The van der Waals surface area contributed by atoms with E-state index in [2.05, 4.69) is 0 Å². The lowest BCUT2D eigenvalue weighted by molar-refractivity contribution is 0.0698. The van der Waals surface area contributed by atoms with E-state index in [9.17, 15) is 14.3 Å². The van der Waals surface area contributed by atoms with E-state index in [1.54, 1.807) is 20.9 Å². The van der Waals surface area contributed by atoms with Gasteiger partial charge in [0.25, 0.3) is 0 Å². The van der Waals surface area contributed by atoms with Gasteiger partial charge in [-0.25, -0.2) is 9.18 Å². The van der Waals surface area contributed by atoms with Crippen molar-refractivity contribution >= 4 is 17.3 Å². The fourth-order valence-electron chi connectivity index (χ4n) is 1.45. The molecule has 0 radical (unpaired) electrons. The minimum Gasteiger partial charge on any atom is -0.478 e. The van der Waals surface area contributed by atoms with Gasteiger partial charge in [-0.05, 0) is 26.0 Å². The number of aliphatic hydroxyl groups excluding tert-OH is 1. The lowest BCUT2D eigenvalue weighted by atomic mass is 10.0. The molecular formula is C12H17FN2O3. The van der Waals surface area contributed by atoms with Crippen LogP contribution in [0.25, 0.3) is 0 Å². The number of benzene rings is 1. The van der Waals surface area contributed by atoms with Crippen molar-refractivity contribution in [2.24, 2.45) is 0 Å². The molecule has 0 saturated heterocycles. The molecule has 0 amide bonds. The maximum absolute atomic E-state index is 13.8. The van der Waals surface area contributed by atoms with Crippen LogP contribution in [-0.4, -0.2) is 35.4 Å². The van der Waals surface area contributed by atoms with Gasteiger partial charge in [0, 0.05) is 12.7 Å². The first-order chi connectivity index (χ1) is 8.20. The van der Waals surface area contributed by atoms with Crippen LogP contribution in [0, 0.1) is 5.82 Å². The number of nitrogen functional groups attached to an aromatic ring is 1.